The van der Waals surface area contributed by atoms with Crippen LogP contribution in [-0.4, -0.2) is 38.3 Å². The van der Waals surface area contributed by atoms with E-state index in [1.807, 2.05) is 30.3 Å². The van der Waals surface area contributed by atoms with Gasteiger partial charge in [-0.25, -0.2) is 5.43 Å². The smallest absolute Gasteiger partial charge is 0.269 e. The molecule has 12 nitrogen and oxygen atoms in total. The van der Waals surface area contributed by atoms with Gasteiger partial charge in [0.25, 0.3) is 5.69 Å². The SMILES string of the molecule is COc1ccc(C=NNc2nc(NCc3ccccc3)nc(Nc3ccc([N+](=O)[O-])cc3)n2)cc1O. The molecule has 1 heterocycles. The number of nitrogens with one attached hydrogen (secondary N) is 3. The number of aromatic nitrogens is 3. The largest absolute Gasteiger partial charge is 0.504 e. The normalized spacial score (nSPS) is 10.7. The Kier molecular flexibility index (Phi) is 7.46. The molecule has 0 saturated carbocycles. The van der Waals surface area contributed by atoms with Crippen molar-refractivity contribution in [2.45, 2.75) is 6.54 Å². The molecule has 0 unspecified atom stereocenters. The molecule has 0 radical (unpaired) electrons. The van der Waals surface area contributed by atoms with Crippen molar-refractivity contribution >= 4 is 35.4 Å². The van der Waals surface area contributed by atoms with Crippen molar-refractivity contribution < 1.29 is 14.8 Å². The fraction of sp³-hybridized carbons (Fsp3) is 0.0833. The van der Waals surface area contributed by atoms with E-state index in [2.05, 4.69) is 36.1 Å². The van der Waals surface area contributed by atoms with Crippen molar-refractivity contribution in [2.75, 3.05) is 23.2 Å². The second kappa shape index (κ2) is 11.2. The Hall–Kier alpha value is -5.26. The van der Waals surface area contributed by atoms with E-state index in [1.165, 1.54) is 31.5 Å². The molecule has 0 atom stereocenters. The fourth-order valence-corrected chi connectivity index (χ4v) is 3.09. The maximum absolute atomic E-state index is 10.9. The van der Waals surface area contributed by atoms with E-state index in [0.717, 1.165) is 5.56 Å². The molecule has 4 N–H and O–H groups in total. The van der Waals surface area contributed by atoms with Gasteiger partial charge in [0.05, 0.1) is 18.2 Å². The zero-order chi connectivity index (χ0) is 25.3. The summed E-state index contributed by atoms with van der Waals surface area (Å²) in [5.74, 6) is 0.989. The Labute approximate surface area is 205 Å². The minimum absolute atomic E-state index is 0.0106. The number of nitro benzene ring substituents is 1. The molecule has 4 rings (SSSR count). The first-order valence-electron chi connectivity index (χ1n) is 10.7. The Morgan fingerprint density at radius 1 is 1.00 bits per heavy atom. The van der Waals surface area contributed by atoms with Gasteiger partial charge in [0.2, 0.25) is 17.8 Å². The summed E-state index contributed by atoms with van der Waals surface area (Å²) in [4.78, 5) is 23.5. The quantitative estimate of drug-likeness (QED) is 0.145. The van der Waals surface area contributed by atoms with Crippen molar-refractivity contribution in [2.24, 2.45) is 5.10 Å². The number of methoxy groups -OCH3 is 1. The second-order valence-electron chi connectivity index (χ2n) is 7.38. The number of anilines is 4. The van der Waals surface area contributed by atoms with Gasteiger partial charge >= 0.3 is 0 Å². The van der Waals surface area contributed by atoms with Crippen molar-refractivity contribution in [1.82, 2.24) is 15.0 Å². The molecule has 0 saturated heterocycles. The van der Waals surface area contributed by atoms with E-state index in [9.17, 15) is 15.2 Å². The third-order valence-electron chi connectivity index (χ3n) is 4.84. The highest BCUT2D eigenvalue weighted by molar-refractivity contribution is 5.81. The molecule has 0 bridgehead atoms. The molecule has 0 amide bonds. The predicted octanol–water partition coefficient (Wildman–Crippen LogP) is 4.30. The first-order valence-corrected chi connectivity index (χ1v) is 10.7. The van der Waals surface area contributed by atoms with Gasteiger partial charge in [0.15, 0.2) is 11.5 Å². The molecular formula is C24H22N8O4. The number of rotatable bonds is 10. The van der Waals surface area contributed by atoms with Crippen LogP contribution in [0, 0.1) is 10.1 Å². The van der Waals surface area contributed by atoms with Gasteiger partial charge in [-0.3, -0.25) is 10.1 Å². The number of hydrogen-bond acceptors (Lipinski definition) is 11. The van der Waals surface area contributed by atoms with Crippen LogP contribution >= 0.6 is 0 Å². The van der Waals surface area contributed by atoms with Crippen LogP contribution in [-0.2, 0) is 6.54 Å². The maximum atomic E-state index is 10.9. The summed E-state index contributed by atoms with van der Waals surface area (Å²) in [6, 6.07) is 20.5. The van der Waals surface area contributed by atoms with Crippen LogP contribution in [0.5, 0.6) is 11.5 Å². The maximum Gasteiger partial charge on any atom is 0.269 e. The molecule has 0 aliphatic carbocycles. The first-order chi connectivity index (χ1) is 17.5. The van der Waals surface area contributed by atoms with E-state index in [0.29, 0.717) is 23.5 Å². The Bertz CT molecular complexity index is 1360. The summed E-state index contributed by atoms with van der Waals surface area (Å²) < 4.78 is 5.04. The molecule has 3 aromatic carbocycles. The summed E-state index contributed by atoms with van der Waals surface area (Å²) in [7, 11) is 1.47. The number of benzene rings is 3. The van der Waals surface area contributed by atoms with E-state index in [-0.39, 0.29) is 29.3 Å². The summed E-state index contributed by atoms with van der Waals surface area (Å²) in [6.45, 7) is 0.482. The second-order valence-corrected chi connectivity index (χ2v) is 7.38. The molecule has 36 heavy (non-hydrogen) atoms. The van der Waals surface area contributed by atoms with Crippen LogP contribution in [0.3, 0.4) is 0 Å². The number of non-ortho nitro benzene ring substituents is 1. The molecule has 0 aliphatic rings. The van der Waals surface area contributed by atoms with Gasteiger partial charge in [0.1, 0.15) is 0 Å². The third-order valence-corrected chi connectivity index (χ3v) is 4.84. The zero-order valence-electron chi connectivity index (χ0n) is 19.1. The summed E-state index contributed by atoms with van der Waals surface area (Å²) in [6.07, 6.45) is 1.49. The van der Waals surface area contributed by atoms with Crippen molar-refractivity contribution in [1.29, 1.82) is 0 Å². The number of ether oxygens (including phenoxy) is 1. The van der Waals surface area contributed by atoms with Crippen LogP contribution in [0.2, 0.25) is 0 Å². The Balaban J connectivity index is 1.53. The highest BCUT2D eigenvalue weighted by Gasteiger charge is 2.09. The number of aromatic hydroxyl groups is 1. The van der Waals surface area contributed by atoms with Gasteiger partial charge in [-0.1, -0.05) is 30.3 Å². The fourth-order valence-electron chi connectivity index (χ4n) is 3.09. The van der Waals surface area contributed by atoms with Crippen molar-refractivity contribution in [3.63, 3.8) is 0 Å². The standard InChI is InChI=1S/C24H22N8O4/c1-36-21-12-7-17(13-20(21)33)15-26-31-24-29-22(25-14-16-5-3-2-4-6-16)28-23(30-24)27-18-8-10-19(11-9-18)32(34)35/h2-13,15,33H,14H2,1H3,(H3,25,27,28,29,30,31). The lowest BCUT2D eigenvalue weighted by Gasteiger charge is -2.10. The molecule has 182 valence electrons. The predicted molar refractivity (Wildman–Crippen MR) is 136 cm³/mol. The minimum Gasteiger partial charge on any atom is -0.504 e. The number of nitro groups is 1. The van der Waals surface area contributed by atoms with Crippen LogP contribution in [0.1, 0.15) is 11.1 Å². The van der Waals surface area contributed by atoms with Crippen LogP contribution in [0.15, 0.2) is 77.9 Å². The highest BCUT2D eigenvalue weighted by atomic mass is 16.6. The number of nitrogens with zero attached hydrogens (tertiary/aromatic N) is 5. The van der Waals surface area contributed by atoms with Gasteiger partial charge in [0, 0.05) is 24.4 Å². The average molecular weight is 486 g/mol. The number of hydrogen-bond donors (Lipinski definition) is 4. The van der Waals surface area contributed by atoms with Gasteiger partial charge in [-0.2, -0.15) is 20.1 Å². The summed E-state index contributed by atoms with van der Waals surface area (Å²) in [5.41, 5.74) is 4.95. The zero-order valence-corrected chi connectivity index (χ0v) is 19.1. The molecular weight excluding hydrogens is 464 g/mol. The summed E-state index contributed by atoms with van der Waals surface area (Å²) in [5, 5.41) is 31.1. The Morgan fingerprint density at radius 3 is 2.42 bits per heavy atom. The number of hydrazone groups is 1. The lowest BCUT2D eigenvalue weighted by molar-refractivity contribution is -0.384. The van der Waals surface area contributed by atoms with Gasteiger partial charge < -0.3 is 20.5 Å². The van der Waals surface area contributed by atoms with E-state index >= 15 is 0 Å². The van der Waals surface area contributed by atoms with Crippen molar-refractivity contribution in [3.05, 3.63) is 94.0 Å². The minimum atomic E-state index is -0.471. The average Bonchev–Trinajstić information content (AvgIpc) is 2.88. The van der Waals surface area contributed by atoms with E-state index < -0.39 is 4.92 Å². The molecule has 12 heteroatoms. The first kappa shape index (κ1) is 23.9. The number of phenolic OH excluding ortho intramolecular Hbond substituents is 1. The lowest BCUT2D eigenvalue weighted by atomic mass is 10.2. The molecule has 1 aromatic heterocycles. The molecule has 0 spiro atoms. The van der Waals surface area contributed by atoms with Crippen LogP contribution < -0.4 is 20.8 Å². The van der Waals surface area contributed by atoms with E-state index in [1.54, 1.807) is 24.3 Å². The topological polar surface area (TPSA) is 160 Å². The lowest BCUT2D eigenvalue weighted by Crippen LogP contribution is -2.09. The van der Waals surface area contributed by atoms with Gasteiger partial charge in [-0.05, 0) is 41.5 Å². The van der Waals surface area contributed by atoms with E-state index in [4.69, 9.17) is 4.74 Å². The monoisotopic (exact) mass is 486 g/mol. The third kappa shape index (κ3) is 6.41. The molecule has 4 aromatic rings. The van der Waals surface area contributed by atoms with Crippen molar-refractivity contribution in [3.8, 4) is 11.5 Å². The molecule has 0 aliphatic heterocycles. The highest BCUT2D eigenvalue weighted by Crippen LogP contribution is 2.25. The van der Waals surface area contributed by atoms with Gasteiger partial charge in [-0.15, -0.1) is 0 Å². The number of phenols is 1. The summed E-state index contributed by atoms with van der Waals surface area (Å²) >= 11 is 0. The molecule has 0 fully saturated rings. The Morgan fingerprint density at radius 2 is 1.72 bits per heavy atom. The van der Waals surface area contributed by atoms with Crippen LogP contribution in [0.4, 0.5) is 29.2 Å². The van der Waals surface area contributed by atoms with Crippen LogP contribution in [0.25, 0.3) is 0 Å².